The molecule has 0 atom stereocenters. The lowest BCUT2D eigenvalue weighted by atomic mass is 10.2. The van der Waals surface area contributed by atoms with Crippen molar-refractivity contribution in [2.24, 2.45) is 0 Å². The van der Waals surface area contributed by atoms with E-state index in [0.717, 1.165) is 11.3 Å². The van der Waals surface area contributed by atoms with Crippen molar-refractivity contribution < 1.29 is 28.8 Å². The lowest BCUT2D eigenvalue weighted by molar-refractivity contribution is -0.141. The van der Waals surface area contributed by atoms with Gasteiger partial charge in [-0.25, -0.2) is 0 Å². The first kappa shape index (κ1) is 20.4. The molecule has 0 saturated carbocycles. The average molecular weight is 341 g/mol. The van der Waals surface area contributed by atoms with Crippen molar-refractivity contribution in [2.75, 3.05) is 53.2 Å². The quantitative estimate of drug-likeness (QED) is 0.381. The fraction of sp³-hybridized carbons (Fsp3) is 0.588. The number of methoxy groups -OCH3 is 1. The van der Waals surface area contributed by atoms with Crippen LogP contribution in [0.5, 0.6) is 5.75 Å². The molecule has 136 valence electrons. The second-order valence-electron chi connectivity index (χ2n) is 4.96. The molecule has 24 heavy (non-hydrogen) atoms. The maximum absolute atomic E-state index is 11.0. The van der Waals surface area contributed by atoms with E-state index in [1.165, 1.54) is 7.11 Å². The van der Waals surface area contributed by atoms with Gasteiger partial charge in [0.1, 0.15) is 12.4 Å². The summed E-state index contributed by atoms with van der Waals surface area (Å²) in [5, 5.41) is 11.6. The van der Waals surface area contributed by atoms with E-state index < -0.39 is 0 Å². The van der Waals surface area contributed by atoms with Crippen molar-refractivity contribution in [3.63, 3.8) is 0 Å². The number of ether oxygens (including phenoxy) is 4. The van der Waals surface area contributed by atoms with Crippen LogP contribution in [0.15, 0.2) is 24.3 Å². The van der Waals surface area contributed by atoms with E-state index >= 15 is 0 Å². The van der Waals surface area contributed by atoms with Gasteiger partial charge >= 0.3 is 5.97 Å². The zero-order chi connectivity index (χ0) is 17.5. The Labute approximate surface area is 142 Å². The number of esters is 1. The van der Waals surface area contributed by atoms with Crippen LogP contribution in [0.25, 0.3) is 0 Å². The van der Waals surface area contributed by atoms with Crippen molar-refractivity contribution in [3.8, 4) is 5.75 Å². The number of hydrogen-bond acceptors (Lipinski definition) is 7. The third-order valence-corrected chi connectivity index (χ3v) is 3.05. The molecule has 2 N–H and O–H groups in total. The summed E-state index contributed by atoms with van der Waals surface area (Å²) < 4.78 is 21.0. The minimum Gasteiger partial charge on any atom is -0.491 e. The minimum atomic E-state index is -0.279. The molecular weight excluding hydrogens is 314 g/mol. The van der Waals surface area contributed by atoms with Crippen LogP contribution >= 0.6 is 0 Å². The number of hydrogen-bond donors (Lipinski definition) is 2. The molecule has 7 nitrogen and oxygen atoms in total. The number of aliphatic hydroxyl groups excluding tert-OH is 1. The molecule has 0 amide bonds. The third kappa shape index (κ3) is 10.2. The van der Waals surface area contributed by atoms with E-state index in [1.807, 2.05) is 24.3 Å². The van der Waals surface area contributed by atoms with Gasteiger partial charge in [-0.15, -0.1) is 0 Å². The second-order valence-corrected chi connectivity index (χ2v) is 4.96. The van der Waals surface area contributed by atoms with Gasteiger partial charge in [0, 0.05) is 13.1 Å². The van der Waals surface area contributed by atoms with Gasteiger partial charge in [-0.05, 0) is 17.7 Å². The van der Waals surface area contributed by atoms with Crippen LogP contribution in [0.2, 0.25) is 0 Å². The number of carbonyl (C=O) groups is 1. The molecule has 0 radical (unpaired) electrons. The van der Waals surface area contributed by atoms with Crippen molar-refractivity contribution in [3.05, 3.63) is 29.8 Å². The Hall–Kier alpha value is -1.67. The summed E-state index contributed by atoms with van der Waals surface area (Å²) in [6.07, 6.45) is 0.247. The van der Waals surface area contributed by atoms with Gasteiger partial charge < -0.3 is 29.4 Å². The van der Waals surface area contributed by atoms with Gasteiger partial charge in [-0.1, -0.05) is 12.1 Å². The Balaban J connectivity index is 2.12. The van der Waals surface area contributed by atoms with Gasteiger partial charge in [0.2, 0.25) is 0 Å². The van der Waals surface area contributed by atoms with E-state index in [0.29, 0.717) is 46.1 Å². The zero-order valence-electron chi connectivity index (χ0n) is 14.2. The number of nitrogens with one attached hydrogen (secondary N) is 1. The zero-order valence-corrected chi connectivity index (χ0v) is 14.2. The molecule has 0 aliphatic rings. The Morgan fingerprint density at radius 3 is 2.79 bits per heavy atom. The van der Waals surface area contributed by atoms with Gasteiger partial charge in [0.05, 0.1) is 46.6 Å². The van der Waals surface area contributed by atoms with E-state index in [1.54, 1.807) is 0 Å². The summed E-state index contributed by atoms with van der Waals surface area (Å²) in [5.74, 6) is 0.477. The first-order valence-electron chi connectivity index (χ1n) is 8.02. The largest absolute Gasteiger partial charge is 0.491 e. The maximum Gasteiger partial charge on any atom is 0.307 e. The van der Waals surface area contributed by atoms with E-state index in [9.17, 15) is 4.79 Å². The molecule has 0 aliphatic carbocycles. The second kappa shape index (κ2) is 13.7. The summed E-state index contributed by atoms with van der Waals surface area (Å²) in [5.41, 5.74) is 0.978. The molecule has 0 aliphatic heterocycles. The summed E-state index contributed by atoms with van der Waals surface area (Å²) in [6.45, 7) is 3.71. The summed E-state index contributed by atoms with van der Waals surface area (Å²) in [6, 6.07) is 7.62. The van der Waals surface area contributed by atoms with Crippen molar-refractivity contribution >= 4 is 5.97 Å². The van der Waals surface area contributed by atoms with Crippen molar-refractivity contribution in [1.29, 1.82) is 0 Å². The van der Waals surface area contributed by atoms with Gasteiger partial charge in [0.25, 0.3) is 0 Å². The van der Waals surface area contributed by atoms with Gasteiger partial charge in [-0.3, -0.25) is 4.79 Å². The number of carbonyl (C=O) groups excluding carboxylic acids is 1. The Kier molecular flexibility index (Phi) is 11.7. The lowest BCUT2D eigenvalue weighted by Crippen LogP contribution is -2.23. The molecule has 0 unspecified atom stereocenters. The van der Waals surface area contributed by atoms with Crippen LogP contribution in [0.4, 0.5) is 0 Å². The average Bonchev–Trinajstić information content (AvgIpc) is 2.61. The minimum absolute atomic E-state index is 0.131. The van der Waals surface area contributed by atoms with Gasteiger partial charge in [-0.2, -0.15) is 0 Å². The van der Waals surface area contributed by atoms with Crippen molar-refractivity contribution in [2.45, 2.75) is 13.0 Å². The van der Waals surface area contributed by atoms with Gasteiger partial charge in [0.15, 0.2) is 0 Å². The molecule has 0 fully saturated rings. The van der Waals surface area contributed by atoms with Crippen LogP contribution < -0.4 is 10.1 Å². The normalized spacial score (nSPS) is 10.6. The number of aliphatic hydroxyl groups is 1. The molecule has 0 spiro atoms. The SMILES string of the molecule is COC(=O)CCOCc1cccc(OCCOCCNCCO)c1. The first-order valence-corrected chi connectivity index (χ1v) is 8.02. The molecule has 0 bridgehead atoms. The summed E-state index contributed by atoms with van der Waals surface area (Å²) in [4.78, 5) is 11.0. The van der Waals surface area contributed by atoms with Crippen LogP contribution in [0.1, 0.15) is 12.0 Å². The Bertz CT molecular complexity index is 454. The number of benzene rings is 1. The van der Waals surface area contributed by atoms with Crippen LogP contribution in [0, 0.1) is 0 Å². The molecule has 0 heterocycles. The lowest BCUT2D eigenvalue weighted by Gasteiger charge is -2.09. The summed E-state index contributed by atoms with van der Waals surface area (Å²) >= 11 is 0. The Morgan fingerprint density at radius 1 is 1.12 bits per heavy atom. The highest BCUT2D eigenvalue weighted by Gasteiger charge is 2.01. The number of rotatable bonds is 14. The third-order valence-electron chi connectivity index (χ3n) is 3.05. The summed E-state index contributed by atoms with van der Waals surface area (Å²) in [7, 11) is 1.36. The highest BCUT2D eigenvalue weighted by Crippen LogP contribution is 2.14. The smallest absolute Gasteiger partial charge is 0.307 e. The van der Waals surface area contributed by atoms with E-state index in [2.05, 4.69) is 10.1 Å². The molecule has 7 heteroatoms. The predicted molar refractivity (Wildman–Crippen MR) is 89.0 cm³/mol. The van der Waals surface area contributed by atoms with E-state index in [4.69, 9.17) is 19.3 Å². The topological polar surface area (TPSA) is 86.3 Å². The van der Waals surface area contributed by atoms with Crippen LogP contribution in [-0.2, 0) is 25.6 Å². The molecule has 1 rings (SSSR count). The fourth-order valence-corrected chi connectivity index (χ4v) is 1.84. The van der Waals surface area contributed by atoms with Crippen molar-refractivity contribution in [1.82, 2.24) is 5.32 Å². The highest BCUT2D eigenvalue weighted by molar-refractivity contribution is 5.69. The fourth-order valence-electron chi connectivity index (χ4n) is 1.84. The maximum atomic E-state index is 11.0. The van der Waals surface area contributed by atoms with E-state index in [-0.39, 0.29) is 19.0 Å². The monoisotopic (exact) mass is 341 g/mol. The molecule has 0 saturated heterocycles. The van der Waals surface area contributed by atoms with Crippen LogP contribution in [0.3, 0.4) is 0 Å². The first-order chi connectivity index (χ1) is 11.8. The predicted octanol–water partition coefficient (Wildman–Crippen LogP) is 0.744. The molecule has 1 aromatic carbocycles. The molecule has 1 aromatic rings. The van der Waals surface area contributed by atoms with Crippen LogP contribution in [-0.4, -0.2) is 64.3 Å². The molecule has 0 aromatic heterocycles. The Morgan fingerprint density at radius 2 is 2.00 bits per heavy atom. The molecular formula is C17H27NO6. The standard InChI is InChI=1S/C17H27NO6/c1-21-17(20)5-9-23-14-15-3-2-4-16(13-15)24-12-11-22-10-7-18-6-8-19/h2-4,13,18-19H,5-12,14H2,1H3. The highest BCUT2D eigenvalue weighted by atomic mass is 16.5.